The van der Waals surface area contributed by atoms with Crippen molar-refractivity contribution >= 4 is 53.7 Å². The van der Waals surface area contributed by atoms with Crippen molar-refractivity contribution in [2.75, 3.05) is 32.8 Å². The average molecular weight is 487 g/mol. The summed E-state index contributed by atoms with van der Waals surface area (Å²) in [5.41, 5.74) is 2.15. The number of rotatable bonds is 8. The lowest BCUT2D eigenvalue weighted by Gasteiger charge is -2.21. The van der Waals surface area contributed by atoms with Gasteiger partial charge in [-0.1, -0.05) is 31.9 Å². The molecule has 0 aliphatic carbocycles. The molecule has 3 aromatic rings. The summed E-state index contributed by atoms with van der Waals surface area (Å²) in [6.45, 7) is 2.06. The van der Waals surface area contributed by atoms with Gasteiger partial charge in [-0.3, -0.25) is 0 Å². The van der Waals surface area contributed by atoms with E-state index in [4.69, 9.17) is 10.2 Å². The summed E-state index contributed by atoms with van der Waals surface area (Å²) in [6, 6.07) is 12.3. The number of aliphatic hydroxyl groups excluding tert-OH is 3. The van der Waals surface area contributed by atoms with Gasteiger partial charge < -0.3 is 24.8 Å². The Morgan fingerprint density at radius 2 is 1.38 bits per heavy atom. The van der Waals surface area contributed by atoms with Crippen LogP contribution in [0.4, 0.5) is 0 Å². The van der Waals surface area contributed by atoms with Crippen LogP contribution < -0.4 is 4.90 Å². The van der Waals surface area contributed by atoms with E-state index in [1.165, 1.54) is 0 Å². The highest BCUT2D eigenvalue weighted by atomic mass is 79.9. The second-order valence-corrected chi connectivity index (χ2v) is 8.32. The summed E-state index contributed by atoms with van der Waals surface area (Å²) >= 11 is 7.09. The third kappa shape index (κ3) is 4.30. The van der Waals surface area contributed by atoms with Gasteiger partial charge in [0.25, 0.3) is 0 Å². The first-order valence-corrected chi connectivity index (χ1v) is 10.2. The van der Waals surface area contributed by atoms with Crippen LogP contribution in [0.1, 0.15) is 0 Å². The summed E-state index contributed by atoms with van der Waals surface area (Å²) in [4.78, 5) is 0.994. The van der Waals surface area contributed by atoms with Crippen molar-refractivity contribution in [3.8, 4) is 0 Å². The largest absolute Gasteiger partial charge is 0.391 e. The lowest BCUT2D eigenvalue weighted by molar-refractivity contribution is -0.904. The first kappa shape index (κ1) is 19.8. The number of benzene rings is 2. The maximum atomic E-state index is 10.6. The lowest BCUT2D eigenvalue weighted by Crippen LogP contribution is -3.14. The molecule has 7 heteroatoms. The Morgan fingerprint density at radius 3 is 1.85 bits per heavy atom. The van der Waals surface area contributed by atoms with Crippen molar-refractivity contribution in [2.24, 2.45) is 0 Å². The maximum absolute atomic E-state index is 10.6. The van der Waals surface area contributed by atoms with Gasteiger partial charge in [0.1, 0.15) is 25.7 Å². The van der Waals surface area contributed by atoms with Crippen LogP contribution in [-0.2, 0) is 6.54 Å². The number of quaternary nitrogens is 1. The van der Waals surface area contributed by atoms with Crippen LogP contribution in [0.2, 0.25) is 0 Å². The summed E-state index contributed by atoms with van der Waals surface area (Å²) in [7, 11) is 0. The fraction of sp³-hybridized carbons (Fsp3) is 0.368. The zero-order valence-corrected chi connectivity index (χ0v) is 17.5. The van der Waals surface area contributed by atoms with E-state index in [9.17, 15) is 5.11 Å². The van der Waals surface area contributed by atoms with E-state index in [1.807, 2.05) is 12.1 Å². The number of fused-ring (bicyclic) bond motifs is 3. The molecular weight excluding hydrogens is 464 g/mol. The predicted molar refractivity (Wildman–Crippen MR) is 111 cm³/mol. The third-order valence-corrected chi connectivity index (χ3v) is 5.62. The Hall–Kier alpha value is -0.960. The number of hydrogen-bond donors (Lipinski definition) is 4. The molecule has 1 atom stereocenters. The summed E-state index contributed by atoms with van der Waals surface area (Å²) in [6.07, 6.45) is -0.575. The smallest absolute Gasteiger partial charge is 0.121 e. The van der Waals surface area contributed by atoms with Crippen LogP contribution in [0.5, 0.6) is 0 Å². The minimum atomic E-state index is -0.575. The Labute approximate surface area is 169 Å². The van der Waals surface area contributed by atoms with Gasteiger partial charge in [0.05, 0.1) is 19.8 Å². The molecule has 1 heterocycles. The summed E-state index contributed by atoms with van der Waals surface area (Å²) in [5, 5.41) is 31.3. The molecule has 3 rings (SSSR count). The van der Waals surface area contributed by atoms with E-state index >= 15 is 0 Å². The Kier molecular flexibility index (Phi) is 6.71. The van der Waals surface area contributed by atoms with Gasteiger partial charge in [0, 0.05) is 30.8 Å². The molecule has 0 aliphatic rings. The van der Waals surface area contributed by atoms with Crippen LogP contribution in [0.3, 0.4) is 0 Å². The highest BCUT2D eigenvalue weighted by Gasteiger charge is 2.18. The minimum absolute atomic E-state index is 0.0412. The molecule has 0 radical (unpaired) electrons. The standard InChI is InChI=1S/C19H22Br2N2O3/c20-13-1-3-18-16(9-13)17-10-14(21)2-4-19(17)23(18)12-15(26)11-22(5-7-24)6-8-25/h1-4,9-10,15,24-26H,5-8,11-12H2/p+1. The van der Waals surface area contributed by atoms with Crippen molar-refractivity contribution in [3.63, 3.8) is 0 Å². The molecule has 0 aliphatic heterocycles. The number of nitrogens with zero attached hydrogens (tertiary/aromatic N) is 1. The molecule has 1 aromatic heterocycles. The topological polar surface area (TPSA) is 70.1 Å². The molecule has 0 amide bonds. The molecule has 26 heavy (non-hydrogen) atoms. The molecule has 1 unspecified atom stereocenters. The van der Waals surface area contributed by atoms with E-state index < -0.39 is 6.10 Å². The van der Waals surface area contributed by atoms with Gasteiger partial charge in [-0.05, 0) is 36.4 Å². The molecular formula is C19H23Br2N2O3+. The van der Waals surface area contributed by atoms with Crippen LogP contribution in [-0.4, -0.2) is 58.8 Å². The molecule has 0 saturated carbocycles. The Morgan fingerprint density at radius 1 is 0.885 bits per heavy atom. The minimum Gasteiger partial charge on any atom is -0.391 e. The molecule has 140 valence electrons. The monoisotopic (exact) mass is 485 g/mol. The Balaban J connectivity index is 1.95. The molecule has 0 fully saturated rings. The van der Waals surface area contributed by atoms with Crippen LogP contribution in [0.25, 0.3) is 21.8 Å². The average Bonchev–Trinajstić information content (AvgIpc) is 2.88. The van der Waals surface area contributed by atoms with Gasteiger partial charge in [0.15, 0.2) is 0 Å². The number of halogens is 2. The fourth-order valence-electron chi connectivity index (χ4n) is 3.50. The van der Waals surface area contributed by atoms with Gasteiger partial charge in [-0.2, -0.15) is 0 Å². The van der Waals surface area contributed by atoms with E-state index in [2.05, 4.69) is 60.7 Å². The van der Waals surface area contributed by atoms with Crippen molar-refractivity contribution in [3.05, 3.63) is 45.3 Å². The zero-order chi connectivity index (χ0) is 18.7. The van der Waals surface area contributed by atoms with E-state index in [0.29, 0.717) is 26.2 Å². The van der Waals surface area contributed by atoms with Crippen molar-refractivity contribution in [1.82, 2.24) is 4.57 Å². The molecule has 0 spiro atoms. The van der Waals surface area contributed by atoms with Crippen molar-refractivity contribution in [1.29, 1.82) is 0 Å². The normalized spacial score (nSPS) is 13.2. The van der Waals surface area contributed by atoms with Crippen LogP contribution in [0.15, 0.2) is 45.3 Å². The first-order valence-electron chi connectivity index (χ1n) is 8.64. The lowest BCUT2D eigenvalue weighted by atomic mass is 10.2. The Bertz CT molecular complexity index is 832. The molecule has 0 saturated heterocycles. The van der Waals surface area contributed by atoms with E-state index in [0.717, 1.165) is 35.7 Å². The zero-order valence-electron chi connectivity index (χ0n) is 14.3. The van der Waals surface area contributed by atoms with E-state index in [-0.39, 0.29) is 13.2 Å². The fourth-order valence-corrected chi connectivity index (χ4v) is 4.22. The molecule has 0 bridgehead atoms. The van der Waals surface area contributed by atoms with Gasteiger partial charge >= 0.3 is 0 Å². The van der Waals surface area contributed by atoms with E-state index in [1.54, 1.807) is 0 Å². The molecule has 2 aromatic carbocycles. The SMILES string of the molecule is OCC[NH+](CCO)CC(O)Cn1c2ccc(Br)cc2c2cc(Br)ccc21. The summed E-state index contributed by atoms with van der Waals surface area (Å²) < 4.78 is 4.18. The maximum Gasteiger partial charge on any atom is 0.121 e. The quantitative estimate of drug-likeness (QED) is 0.390. The molecule has 5 nitrogen and oxygen atoms in total. The highest BCUT2D eigenvalue weighted by molar-refractivity contribution is 9.10. The van der Waals surface area contributed by atoms with Crippen molar-refractivity contribution in [2.45, 2.75) is 12.6 Å². The second-order valence-electron chi connectivity index (χ2n) is 6.49. The number of nitrogens with one attached hydrogen (secondary N) is 1. The van der Waals surface area contributed by atoms with Gasteiger partial charge in [0.2, 0.25) is 0 Å². The van der Waals surface area contributed by atoms with Gasteiger partial charge in [-0.15, -0.1) is 0 Å². The number of aromatic nitrogens is 1. The number of hydrogen-bond acceptors (Lipinski definition) is 3. The highest BCUT2D eigenvalue weighted by Crippen LogP contribution is 2.33. The number of aliphatic hydroxyl groups is 3. The van der Waals surface area contributed by atoms with Crippen LogP contribution in [0, 0.1) is 0 Å². The summed E-state index contributed by atoms with van der Waals surface area (Å²) in [5.74, 6) is 0. The van der Waals surface area contributed by atoms with Crippen molar-refractivity contribution < 1.29 is 20.2 Å². The van der Waals surface area contributed by atoms with Crippen LogP contribution >= 0.6 is 31.9 Å². The third-order valence-electron chi connectivity index (χ3n) is 4.64. The first-order chi connectivity index (χ1) is 12.5. The van der Waals surface area contributed by atoms with Gasteiger partial charge in [-0.25, -0.2) is 0 Å². The molecule has 4 N–H and O–H groups in total. The predicted octanol–water partition coefficient (Wildman–Crippen LogP) is 1.55. The second kappa shape index (κ2) is 8.82.